The highest BCUT2D eigenvalue weighted by Crippen LogP contribution is 2.21. The summed E-state index contributed by atoms with van der Waals surface area (Å²) in [5, 5.41) is 17.7. The molecule has 19 heteroatoms. The molecule has 4 aromatic rings. The van der Waals surface area contributed by atoms with Gasteiger partial charge >= 0.3 is 0 Å². The van der Waals surface area contributed by atoms with E-state index in [0.29, 0.717) is 29.7 Å². The van der Waals surface area contributed by atoms with Crippen LogP contribution in [0.3, 0.4) is 0 Å². The van der Waals surface area contributed by atoms with E-state index in [9.17, 15) is 33.6 Å². The van der Waals surface area contributed by atoms with E-state index in [4.69, 9.17) is 17.2 Å². The molecule has 2 aromatic carbocycles. The first kappa shape index (κ1) is 46.8. The van der Waals surface area contributed by atoms with E-state index in [0.717, 1.165) is 21.8 Å². The standard InChI is InChI=1S/C41H57N11O7S/c1-4-28(49-37(55)23(2)47-39(57)32(15-17-60-3)48-35(53)20-43)38(56)51-34(19-25-22-46-30-13-8-6-11-27(25)30)41(59)52-33(40(58)50-31(36(44)54)14-9-16-42)18-24-21-45-29-12-7-5-10-26(24)29/h5-8,10-13,21-23,28,31-34,45-46H,4,9,14-20,42-43H2,1-3H3,(H2,44,54)(H,47,57)(H,48,53)(H,49,55)(H,50,58)(H,51,56)(H,52,59)/t23-,28-,31-,32-,33+,34+/m0/s1. The quantitative estimate of drug-likeness (QED) is 0.0438. The maximum atomic E-state index is 14.4. The summed E-state index contributed by atoms with van der Waals surface area (Å²) in [5.74, 6) is -4.04. The van der Waals surface area contributed by atoms with Gasteiger partial charge in [-0.1, -0.05) is 43.3 Å². The Kier molecular flexibility index (Phi) is 17.9. The van der Waals surface area contributed by atoms with Crippen LogP contribution in [-0.4, -0.2) is 113 Å². The normalized spacial score (nSPS) is 14.2. The molecule has 4 rings (SSSR count). The molecule has 14 N–H and O–H groups in total. The number of nitrogens with two attached hydrogens (primary N) is 3. The molecule has 0 unspecified atom stereocenters. The van der Waals surface area contributed by atoms with E-state index in [2.05, 4.69) is 41.9 Å². The molecule has 0 aliphatic carbocycles. The number of nitrogens with one attached hydrogen (secondary N) is 8. The van der Waals surface area contributed by atoms with Crippen LogP contribution in [0.2, 0.25) is 0 Å². The van der Waals surface area contributed by atoms with Crippen molar-refractivity contribution in [3.8, 4) is 0 Å². The lowest BCUT2D eigenvalue weighted by Gasteiger charge is -2.27. The molecule has 7 amide bonds. The number of aromatic amines is 2. The summed E-state index contributed by atoms with van der Waals surface area (Å²) in [6.45, 7) is 3.07. The number of hydrogen-bond donors (Lipinski definition) is 11. The summed E-state index contributed by atoms with van der Waals surface area (Å²) >= 11 is 1.48. The lowest BCUT2D eigenvalue weighted by molar-refractivity contribution is -0.135. The Morgan fingerprint density at radius 1 is 0.633 bits per heavy atom. The molecular formula is C41H57N11O7S. The van der Waals surface area contributed by atoms with Gasteiger partial charge in [-0.25, -0.2) is 0 Å². The number of aromatic nitrogens is 2. The zero-order chi connectivity index (χ0) is 43.8. The number of primary amides is 1. The molecule has 0 fully saturated rings. The van der Waals surface area contributed by atoms with E-state index < -0.39 is 77.6 Å². The Hall–Kier alpha value is -5.92. The van der Waals surface area contributed by atoms with E-state index in [1.807, 2.05) is 54.8 Å². The predicted molar refractivity (Wildman–Crippen MR) is 231 cm³/mol. The van der Waals surface area contributed by atoms with Gasteiger partial charge in [0, 0.05) is 47.0 Å². The highest BCUT2D eigenvalue weighted by atomic mass is 32.2. The van der Waals surface area contributed by atoms with Gasteiger partial charge < -0.3 is 59.1 Å². The van der Waals surface area contributed by atoms with Crippen LogP contribution in [0, 0.1) is 0 Å². The summed E-state index contributed by atoms with van der Waals surface area (Å²) in [7, 11) is 0. The number of amides is 7. The molecule has 2 heterocycles. The Morgan fingerprint density at radius 2 is 1.12 bits per heavy atom. The molecule has 6 atom stereocenters. The molecule has 324 valence electrons. The zero-order valence-electron chi connectivity index (χ0n) is 34.1. The largest absolute Gasteiger partial charge is 0.368 e. The van der Waals surface area contributed by atoms with Gasteiger partial charge in [-0.15, -0.1) is 0 Å². The lowest BCUT2D eigenvalue weighted by atomic mass is 10.0. The summed E-state index contributed by atoms with van der Waals surface area (Å²) in [5.41, 5.74) is 19.7. The number of fused-ring (bicyclic) bond motifs is 2. The maximum Gasteiger partial charge on any atom is 0.243 e. The van der Waals surface area contributed by atoms with Gasteiger partial charge in [-0.2, -0.15) is 11.8 Å². The van der Waals surface area contributed by atoms with E-state index in [1.54, 1.807) is 19.3 Å². The minimum Gasteiger partial charge on any atom is -0.368 e. The first-order chi connectivity index (χ1) is 28.8. The minimum atomic E-state index is -1.26. The van der Waals surface area contributed by atoms with Crippen molar-refractivity contribution in [2.45, 2.75) is 88.6 Å². The number of thioether (sulfide) groups is 1. The summed E-state index contributed by atoms with van der Waals surface area (Å²) in [4.78, 5) is 99.4. The highest BCUT2D eigenvalue weighted by Gasteiger charge is 2.33. The molecular weight excluding hydrogens is 791 g/mol. The van der Waals surface area contributed by atoms with Gasteiger partial charge in [0.25, 0.3) is 0 Å². The van der Waals surface area contributed by atoms with Crippen LogP contribution in [-0.2, 0) is 46.4 Å². The number of benzene rings is 2. The Labute approximate surface area is 352 Å². The second-order valence-electron chi connectivity index (χ2n) is 14.4. The zero-order valence-corrected chi connectivity index (χ0v) is 34.9. The first-order valence-corrected chi connectivity index (χ1v) is 21.3. The number of carbonyl (C=O) groups excluding carboxylic acids is 7. The first-order valence-electron chi connectivity index (χ1n) is 19.9. The third kappa shape index (κ3) is 13.0. The molecule has 18 nitrogen and oxygen atoms in total. The number of hydrogen-bond acceptors (Lipinski definition) is 10. The summed E-state index contributed by atoms with van der Waals surface area (Å²) in [6, 6.07) is 8.20. The fourth-order valence-electron chi connectivity index (χ4n) is 6.67. The van der Waals surface area contributed by atoms with Crippen LogP contribution in [0.1, 0.15) is 50.7 Å². The smallest absolute Gasteiger partial charge is 0.243 e. The summed E-state index contributed by atoms with van der Waals surface area (Å²) < 4.78 is 0. The fraction of sp³-hybridized carbons (Fsp3) is 0.439. The fourth-order valence-corrected chi connectivity index (χ4v) is 7.14. The molecule has 0 bridgehead atoms. The molecule has 0 aliphatic heterocycles. The van der Waals surface area contributed by atoms with Crippen molar-refractivity contribution in [2.24, 2.45) is 17.2 Å². The van der Waals surface area contributed by atoms with E-state index in [-0.39, 0.29) is 38.8 Å². The van der Waals surface area contributed by atoms with Gasteiger partial charge in [-0.05, 0) is 74.4 Å². The lowest BCUT2D eigenvalue weighted by Crippen LogP contribution is -2.60. The number of rotatable bonds is 24. The molecule has 2 aromatic heterocycles. The number of carbonyl (C=O) groups is 7. The van der Waals surface area contributed by atoms with Crippen LogP contribution in [0.5, 0.6) is 0 Å². The van der Waals surface area contributed by atoms with Gasteiger partial charge in [0.2, 0.25) is 41.4 Å². The molecule has 0 radical (unpaired) electrons. The van der Waals surface area contributed by atoms with Gasteiger partial charge in [0.15, 0.2) is 0 Å². The van der Waals surface area contributed by atoms with Crippen molar-refractivity contribution in [1.29, 1.82) is 0 Å². The third-order valence-electron chi connectivity index (χ3n) is 10.1. The Morgan fingerprint density at radius 3 is 1.60 bits per heavy atom. The molecule has 0 aliphatic rings. The van der Waals surface area contributed by atoms with Crippen LogP contribution in [0.4, 0.5) is 0 Å². The van der Waals surface area contributed by atoms with E-state index in [1.165, 1.54) is 18.7 Å². The van der Waals surface area contributed by atoms with Crippen LogP contribution in [0.15, 0.2) is 60.9 Å². The van der Waals surface area contributed by atoms with Crippen molar-refractivity contribution < 1.29 is 33.6 Å². The van der Waals surface area contributed by atoms with Gasteiger partial charge in [0.05, 0.1) is 6.54 Å². The summed E-state index contributed by atoms with van der Waals surface area (Å²) in [6.07, 6.45) is 6.36. The predicted octanol–water partition coefficient (Wildman–Crippen LogP) is -0.291. The molecule has 0 saturated carbocycles. The highest BCUT2D eigenvalue weighted by molar-refractivity contribution is 7.98. The van der Waals surface area contributed by atoms with Crippen molar-refractivity contribution in [1.82, 2.24) is 41.9 Å². The molecule has 0 spiro atoms. The van der Waals surface area contributed by atoms with Gasteiger partial charge in [0.1, 0.15) is 36.3 Å². The van der Waals surface area contributed by atoms with Crippen molar-refractivity contribution in [2.75, 3.05) is 25.1 Å². The van der Waals surface area contributed by atoms with Crippen LogP contribution in [0.25, 0.3) is 21.8 Å². The van der Waals surface area contributed by atoms with Gasteiger partial charge in [-0.3, -0.25) is 33.6 Å². The average Bonchev–Trinajstić information content (AvgIpc) is 3.85. The monoisotopic (exact) mass is 847 g/mol. The third-order valence-corrected chi connectivity index (χ3v) is 10.7. The Balaban J connectivity index is 1.58. The SMILES string of the molecule is CC[C@H](NC(=O)[C@H](C)NC(=O)[C@H](CCSC)NC(=O)CN)C(=O)N[C@H](Cc1c[nH]c2ccccc12)C(=O)N[C@H](Cc1c[nH]c2ccccc12)C(=O)N[C@@H](CCCN)C(N)=O. The van der Waals surface area contributed by atoms with Crippen molar-refractivity contribution >= 4 is 74.9 Å². The van der Waals surface area contributed by atoms with Crippen LogP contribution >= 0.6 is 11.8 Å². The van der Waals surface area contributed by atoms with Crippen molar-refractivity contribution in [3.63, 3.8) is 0 Å². The molecule has 60 heavy (non-hydrogen) atoms. The number of H-pyrrole nitrogens is 2. The van der Waals surface area contributed by atoms with Crippen LogP contribution < -0.4 is 49.1 Å². The maximum absolute atomic E-state index is 14.4. The Bertz CT molecular complexity index is 2120. The van der Waals surface area contributed by atoms with E-state index >= 15 is 0 Å². The number of para-hydroxylation sites is 2. The topological polar surface area (TPSA) is 301 Å². The minimum absolute atomic E-state index is 0.00772. The molecule has 0 saturated heterocycles. The second-order valence-corrected chi connectivity index (χ2v) is 15.4. The average molecular weight is 848 g/mol. The van der Waals surface area contributed by atoms with Crippen molar-refractivity contribution in [3.05, 3.63) is 72.1 Å². The second kappa shape index (κ2) is 23.0.